The van der Waals surface area contributed by atoms with Gasteiger partial charge in [-0.1, -0.05) is 0 Å². The molecule has 18 heavy (non-hydrogen) atoms. The summed E-state index contributed by atoms with van der Waals surface area (Å²) < 4.78 is 10.4. The van der Waals surface area contributed by atoms with Gasteiger partial charge in [-0.25, -0.2) is 4.79 Å². The molecule has 1 aromatic carbocycles. The van der Waals surface area contributed by atoms with Gasteiger partial charge in [-0.3, -0.25) is 0 Å². The molecule has 1 N–H and O–H groups in total. The molecule has 1 heterocycles. The molecule has 0 aliphatic heterocycles. The van der Waals surface area contributed by atoms with E-state index < -0.39 is 0 Å². The maximum Gasteiger partial charge on any atom is 0.354 e. The van der Waals surface area contributed by atoms with E-state index in [1.54, 1.807) is 6.07 Å². The van der Waals surface area contributed by atoms with Crippen LogP contribution in [0, 0.1) is 5.92 Å². The van der Waals surface area contributed by atoms with Crippen molar-refractivity contribution in [2.45, 2.75) is 12.8 Å². The summed E-state index contributed by atoms with van der Waals surface area (Å²) in [6.07, 6.45) is 2.55. The second kappa shape index (κ2) is 4.37. The molecule has 0 saturated heterocycles. The van der Waals surface area contributed by atoms with E-state index in [4.69, 9.17) is 4.74 Å². The van der Waals surface area contributed by atoms with E-state index >= 15 is 0 Å². The van der Waals surface area contributed by atoms with E-state index in [-0.39, 0.29) is 5.97 Å². The zero-order chi connectivity index (χ0) is 12.5. The monoisotopic (exact) mass is 245 g/mol. The van der Waals surface area contributed by atoms with Crippen LogP contribution in [-0.2, 0) is 4.74 Å². The Balaban J connectivity index is 1.83. The number of methoxy groups -OCH3 is 1. The van der Waals surface area contributed by atoms with Crippen molar-refractivity contribution in [3.8, 4) is 5.75 Å². The zero-order valence-corrected chi connectivity index (χ0v) is 10.2. The summed E-state index contributed by atoms with van der Waals surface area (Å²) in [6, 6.07) is 7.58. The van der Waals surface area contributed by atoms with Crippen LogP contribution in [0.25, 0.3) is 10.9 Å². The quantitative estimate of drug-likeness (QED) is 0.843. The van der Waals surface area contributed by atoms with Crippen molar-refractivity contribution in [3.63, 3.8) is 0 Å². The molecule has 0 spiro atoms. The van der Waals surface area contributed by atoms with Gasteiger partial charge in [0.2, 0.25) is 0 Å². The lowest BCUT2D eigenvalue weighted by Gasteiger charge is -2.04. The first kappa shape index (κ1) is 11.1. The second-order valence-electron chi connectivity index (χ2n) is 4.68. The molecule has 0 atom stereocenters. The highest BCUT2D eigenvalue weighted by Crippen LogP contribution is 2.30. The second-order valence-corrected chi connectivity index (χ2v) is 4.68. The average Bonchev–Trinajstić information content (AvgIpc) is 3.12. The largest absolute Gasteiger partial charge is 0.493 e. The number of fused-ring (bicyclic) bond motifs is 1. The van der Waals surface area contributed by atoms with Crippen molar-refractivity contribution >= 4 is 16.9 Å². The fourth-order valence-corrected chi connectivity index (χ4v) is 1.91. The number of carbonyl (C=O) groups excluding carboxylic acids is 1. The first-order valence-corrected chi connectivity index (χ1v) is 6.10. The van der Waals surface area contributed by atoms with Crippen LogP contribution >= 0.6 is 0 Å². The third kappa shape index (κ3) is 2.18. The van der Waals surface area contributed by atoms with Crippen LogP contribution in [0.2, 0.25) is 0 Å². The molecule has 1 fully saturated rings. The smallest absolute Gasteiger partial charge is 0.354 e. The van der Waals surface area contributed by atoms with Crippen LogP contribution in [0.5, 0.6) is 5.75 Å². The van der Waals surface area contributed by atoms with Gasteiger partial charge in [0, 0.05) is 17.0 Å². The Morgan fingerprint density at radius 3 is 2.94 bits per heavy atom. The lowest BCUT2D eigenvalue weighted by atomic mass is 10.2. The number of aromatic nitrogens is 1. The van der Waals surface area contributed by atoms with Gasteiger partial charge in [-0.05, 0) is 37.0 Å². The number of carbonyl (C=O) groups is 1. The normalized spacial score (nSPS) is 14.7. The maximum atomic E-state index is 11.4. The summed E-state index contributed by atoms with van der Waals surface area (Å²) in [5, 5.41) is 0.981. The Kier molecular flexibility index (Phi) is 2.70. The Hall–Kier alpha value is -1.97. The molecule has 0 bridgehead atoms. The number of ether oxygens (including phenoxy) is 2. The van der Waals surface area contributed by atoms with E-state index in [1.807, 2.05) is 18.2 Å². The van der Waals surface area contributed by atoms with E-state index in [2.05, 4.69) is 9.72 Å². The number of rotatable bonds is 4. The number of benzene rings is 1. The standard InChI is InChI=1S/C14H15NO3/c1-17-14(16)13-6-10-4-5-11(7-12(10)15-13)18-8-9-2-3-9/h4-7,9,15H,2-3,8H2,1H3. The zero-order valence-electron chi connectivity index (χ0n) is 10.2. The number of hydrogen-bond acceptors (Lipinski definition) is 3. The first-order chi connectivity index (χ1) is 8.76. The summed E-state index contributed by atoms with van der Waals surface area (Å²) in [7, 11) is 1.37. The molecule has 1 aliphatic carbocycles. The average molecular weight is 245 g/mol. The highest BCUT2D eigenvalue weighted by atomic mass is 16.5. The minimum Gasteiger partial charge on any atom is -0.493 e. The highest BCUT2D eigenvalue weighted by Gasteiger charge is 2.21. The fourth-order valence-electron chi connectivity index (χ4n) is 1.91. The summed E-state index contributed by atoms with van der Waals surface area (Å²) >= 11 is 0. The van der Waals surface area contributed by atoms with E-state index in [9.17, 15) is 4.79 Å². The minimum atomic E-state index is -0.355. The van der Waals surface area contributed by atoms with Gasteiger partial charge >= 0.3 is 5.97 Å². The number of aromatic amines is 1. The SMILES string of the molecule is COC(=O)c1cc2ccc(OCC3CC3)cc2[nH]1. The molecular formula is C14H15NO3. The van der Waals surface area contributed by atoms with Gasteiger partial charge in [0.05, 0.1) is 13.7 Å². The maximum absolute atomic E-state index is 11.4. The lowest BCUT2D eigenvalue weighted by molar-refractivity contribution is 0.0595. The molecule has 3 rings (SSSR count). The lowest BCUT2D eigenvalue weighted by Crippen LogP contribution is -2.00. The van der Waals surface area contributed by atoms with Gasteiger partial charge in [0.1, 0.15) is 11.4 Å². The van der Waals surface area contributed by atoms with Gasteiger partial charge in [0.15, 0.2) is 0 Å². The van der Waals surface area contributed by atoms with Crippen molar-refractivity contribution in [1.82, 2.24) is 4.98 Å². The van der Waals surface area contributed by atoms with Crippen LogP contribution in [-0.4, -0.2) is 24.7 Å². The van der Waals surface area contributed by atoms with Crippen LogP contribution in [0.1, 0.15) is 23.3 Å². The van der Waals surface area contributed by atoms with Crippen molar-refractivity contribution in [1.29, 1.82) is 0 Å². The molecule has 0 amide bonds. The van der Waals surface area contributed by atoms with Crippen molar-refractivity contribution in [2.75, 3.05) is 13.7 Å². The Morgan fingerprint density at radius 2 is 2.22 bits per heavy atom. The summed E-state index contributed by atoms with van der Waals surface area (Å²) in [6.45, 7) is 0.788. The molecule has 0 unspecified atom stereocenters. The molecule has 4 nitrogen and oxygen atoms in total. The molecular weight excluding hydrogens is 230 g/mol. The van der Waals surface area contributed by atoms with Crippen LogP contribution < -0.4 is 4.74 Å². The van der Waals surface area contributed by atoms with Crippen LogP contribution in [0.3, 0.4) is 0 Å². The number of esters is 1. The molecule has 2 aromatic rings. The highest BCUT2D eigenvalue weighted by molar-refractivity contribution is 5.95. The van der Waals surface area contributed by atoms with E-state index in [1.165, 1.54) is 20.0 Å². The predicted molar refractivity (Wildman–Crippen MR) is 67.9 cm³/mol. The molecule has 1 aliphatic rings. The third-order valence-electron chi connectivity index (χ3n) is 3.18. The topological polar surface area (TPSA) is 51.3 Å². The molecule has 1 saturated carbocycles. The summed E-state index contributed by atoms with van der Waals surface area (Å²) in [5.74, 6) is 1.22. The Morgan fingerprint density at radius 1 is 1.39 bits per heavy atom. The number of hydrogen-bond donors (Lipinski definition) is 1. The Labute approximate surface area is 105 Å². The third-order valence-corrected chi connectivity index (χ3v) is 3.18. The Bertz CT molecular complexity index is 584. The van der Waals surface area contributed by atoms with Gasteiger partial charge in [-0.2, -0.15) is 0 Å². The number of nitrogens with one attached hydrogen (secondary N) is 1. The molecule has 0 radical (unpaired) electrons. The van der Waals surface area contributed by atoms with Gasteiger partial charge < -0.3 is 14.5 Å². The minimum absolute atomic E-state index is 0.355. The van der Waals surface area contributed by atoms with Crippen LogP contribution in [0.15, 0.2) is 24.3 Å². The fraction of sp³-hybridized carbons (Fsp3) is 0.357. The van der Waals surface area contributed by atoms with E-state index in [0.29, 0.717) is 5.69 Å². The summed E-state index contributed by atoms with van der Waals surface area (Å²) in [4.78, 5) is 14.4. The molecule has 4 heteroatoms. The van der Waals surface area contributed by atoms with Crippen molar-refractivity contribution in [3.05, 3.63) is 30.0 Å². The van der Waals surface area contributed by atoms with Crippen molar-refractivity contribution < 1.29 is 14.3 Å². The van der Waals surface area contributed by atoms with Gasteiger partial charge in [-0.15, -0.1) is 0 Å². The number of H-pyrrole nitrogens is 1. The molecule has 94 valence electrons. The summed E-state index contributed by atoms with van der Waals surface area (Å²) in [5.41, 5.74) is 1.36. The van der Waals surface area contributed by atoms with E-state index in [0.717, 1.165) is 29.2 Å². The first-order valence-electron chi connectivity index (χ1n) is 6.10. The van der Waals surface area contributed by atoms with Crippen LogP contribution in [0.4, 0.5) is 0 Å². The van der Waals surface area contributed by atoms with Crippen molar-refractivity contribution in [2.24, 2.45) is 5.92 Å². The molecule has 1 aromatic heterocycles. The predicted octanol–water partition coefficient (Wildman–Crippen LogP) is 2.74. The van der Waals surface area contributed by atoms with Gasteiger partial charge in [0.25, 0.3) is 0 Å².